The lowest BCUT2D eigenvalue weighted by molar-refractivity contribution is 0.0697. The number of aromatic nitrogens is 3. The molecule has 6 heteroatoms. The summed E-state index contributed by atoms with van der Waals surface area (Å²) in [5, 5.41) is 17.4. The van der Waals surface area contributed by atoms with Crippen LogP contribution >= 0.6 is 0 Å². The van der Waals surface area contributed by atoms with Crippen molar-refractivity contribution in [3.05, 3.63) is 102 Å². The first-order chi connectivity index (χ1) is 13.7. The normalized spacial score (nSPS) is 10.9. The van der Waals surface area contributed by atoms with E-state index < -0.39 is 5.97 Å². The van der Waals surface area contributed by atoms with Crippen LogP contribution in [0.25, 0.3) is 11.5 Å². The molecule has 0 fully saturated rings. The zero-order chi connectivity index (χ0) is 19.3. The summed E-state index contributed by atoms with van der Waals surface area (Å²) in [6.07, 6.45) is 3.26. The number of carbonyl (C=O) groups is 1. The fourth-order valence-corrected chi connectivity index (χ4v) is 3.18. The average molecular weight is 372 g/mol. The van der Waals surface area contributed by atoms with Gasteiger partial charge in [-0.1, -0.05) is 48.5 Å². The van der Waals surface area contributed by atoms with Crippen molar-refractivity contribution in [2.75, 3.05) is 0 Å². The number of aromatic carboxylic acids is 1. The molecular weight excluding hydrogens is 352 g/mol. The van der Waals surface area contributed by atoms with E-state index in [9.17, 15) is 9.90 Å². The lowest BCUT2D eigenvalue weighted by Crippen LogP contribution is -2.17. The van der Waals surface area contributed by atoms with Crippen molar-refractivity contribution in [3.8, 4) is 11.5 Å². The molecular formula is C22H20N4O2. The van der Waals surface area contributed by atoms with Crippen LogP contribution in [0.3, 0.4) is 0 Å². The van der Waals surface area contributed by atoms with Gasteiger partial charge in [0.25, 0.3) is 0 Å². The van der Waals surface area contributed by atoms with E-state index in [4.69, 9.17) is 0 Å². The third-order valence-electron chi connectivity index (χ3n) is 4.51. The third kappa shape index (κ3) is 3.58. The maximum absolute atomic E-state index is 11.8. The molecule has 0 unspecified atom stereocenters. The van der Waals surface area contributed by atoms with Crippen LogP contribution in [0, 0.1) is 0 Å². The quantitative estimate of drug-likeness (QED) is 0.519. The monoisotopic (exact) mass is 372 g/mol. The molecule has 4 rings (SSSR count). The molecule has 0 amide bonds. The predicted octanol–water partition coefficient (Wildman–Crippen LogP) is 3.65. The summed E-state index contributed by atoms with van der Waals surface area (Å²) < 4.78 is 3.53. The van der Waals surface area contributed by atoms with Gasteiger partial charge >= 0.3 is 5.97 Å². The summed E-state index contributed by atoms with van der Waals surface area (Å²) in [5.41, 5.74) is 3.11. The molecule has 4 aromatic rings. The SMILES string of the molecule is O=C(O)c1cnn(-c2ccccc2)c1-n1cccc1CNCc1ccccc1. The maximum atomic E-state index is 11.8. The van der Waals surface area contributed by atoms with Crippen LogP contribution in [0.1, 0.15) is 21.6 Å². The minimum absolute atomic E-state index is 0.157. The van der Waals surface area contributed by atoms with Crippen LogP contribution < -0.4 is 5.32 Å². The molecule has 0 bridgehead atoms. The number of rotatable bonds is 7. The first kappa shape index (κ1) is 17.8. The topological polar surface area (TPSA) is 72.1 Å². The van der Waals surface area contributed by atoms with Gasteiger partial charge in [0.1, 0.15) is 5.56 Å². The van der Waals surface area contributed by atoms with Crippen molar-refractivity contribution in [2.24, 2.45) is 0 Å². The molecule has 0 atom stereocenters. The van der Waals surface area contributed by atoms with Gasteiger partial charge in [0.2, 0.25) is 0 Å². The van der Waals surface area contributed by atoms with Gasteiger partial charge in [0.05, 0.1) is 11.9 Å². The van der Waals surface area contributed by atoms with Gasteiger partial charge in [-0.2, -0.15) is 5.10 Å². The number of benzene rings is 2. The van der Waals surface area contributed by atoms with E-state index >= 15 is 0 Å². The molecule has 2 aromatic carbocycles. The second-order valence-corrected chi connectivity index (χ2v) is 6.39. The number of nitrogens with one attached hydrogen (secondary N) is 1. The summed E-state index contributed by atoms with van der Waals surface area (Å²) in [7, 11) is 0. The van der Waals surface area contributed by atoms with E-state index in [0.717, 1.165) is 17.9 Å². The van der Waals surface area contributed by atoms with Crippen molar-refractivity contribution in [3.63, 3.8) is 0 Å². The van der Waals surface area contributed by atoms with E-state index in [0.29, 0.717) is 12.4 Å². The van der Waals surface area contributed by atoms with Gasteiger partial charge in [0.15, 0.2) is 5.82 Å². The average Bonchev–Trinajstić information content (AvgIpc) is 3.36. The van der Waals surface area contributed by atoms with Crippen LogP contribution in [0.2, 0.25) is 0 Å². The summed E-state index contributed by atoms with van der Waals surface area (Å²) >= 11 is 0. The van der Waals surface area contributed by atoms with Gasteiger partial charge in [-0.15, -0.1) is 0 Å². The molecule has 0 spiro atoms. The van der Waals surface area contributed by atoms with Crippen molar-refractivity contribution >= 4 is 5.97 Å². The molecule has 2 N–H and O–H groups in total. The molecule has 6 nitrogen and oxygen atoms in total. The van der Waals surface area contributed by atoms with Gasteiger partial charge in [0, 0.05) is 25.0 Å². The second kappa shape index (κ2) is 7.94. The predicted molar refractivity (Wildman–Crippen MR) is 107 cm³/mol. The Kier molecular flexibility index (Phi) is 5.03. The lowest BCUT2D eigenvalue weighted by atomic mass is 10.2. The Balaban J connectivity index is 1.65. The minimum Gasteiger partial charge on any atom is -0.477 e. The van der Waals surface area contributed by atoms with Gasteiger partial charge in [-0.3, -0.25) is 0 Å². The Bertz CT molecular complexity index is 1070. The summed E-state index contributed by atoms with van der Waals surface area (Å²) in [4.78, 5) is 11.8. The Morgan fingerprint density at radius 2 is 1.64 bits per heavy atom. The minimum atomic E-state index is -1.01. The zero-order valence-corrected chi connectivity index (χ0v) is 15.2. The standard InChI is InChI=1S/C22H20N4O2/c27-22(28)20-16-24-26(18-10-5-2-6-11-18)21(20)25-13-7-12-19(25)15-23-14-17-8-3-1-4-9-17/h1-13,16,23H,14-15H2,(H,27,28). The largest absolute Gasteiger partial charge is 0.477 e. The molecule has 0 radical (unpaired) electrons. The van der Waals surface area contributed by atoms with Crippen LogP contribution in [0.4, 0.5) is 0 Å². The van der Waals surface area contributed by atoms with Crippen LogP contribution in [-0.2, 0) is 13.1 Å². The molecule has 0 aliphatic heterocycles. The molecule has 140 valence electrons. The maximum Gasteiger partial charge on any atom is 0.341 e. The molecule has 28 heavy (non-hydrogen) atoms. The van der Waals surface area contributed by atoms with Crippen LogP contribution in [0.5, 0.6) is 0 Å². The first-order valence-corrected chi connectivity index (χ1v) is 9.02. The number of nitrogens with zero attached hydrogens (tertiary/aromatic N) is 3. The van der Waals surface area contributed by atoms with Crippen molar-refractivity contribution in [1.82, 2.24) is 19.7 Å². The van der Waals surface area contributed by atoms with Crippen LogP contribution in [-0.4, -0.2) is 25.4 Å². The number of carboxylic acid groups (broad SMARTS) is 1. The van der Waals surface area contributed by atoms with E-state index in [1.165, 1.54) is 11.8 Å². The Morgan fingerprint density at radius 1 is 0.929 bits per heavy atom. The first-order valence-electron chi connectivity index (χ1n) is 9.02. The van der Waals surface area contributed by atoms with Crippen molar-refractivity contribution in [2.45, 2.75) is 13.1 Å². The van der Waals surface area contributed by atoms with E-state index in [1.807, 2.05) is 71.4 Å². The highest BCUT2D eigenvalue weighted by atomic mass is 16.4. The Hall–Kier alpha value is -3.64. The number of hydrogen-bond donors (Lipinski definition) is 2. The molecule has 0 aliphatic rings. The summed E-state index contributed by atoms with van der Waals surface area (Å²) in [5.74, 6) is -0.491. The lowest BCUT2D eigenvalue weighted by Gasteiger charge is -2.14. The van der Waals surface area contributed by atoms with Gasteiger partial charge in [-0.25, -0.2) is 9.48 Å². The molecule has 0 saturated heterocycles. The molecule has 0 aliphatic carbocycles. The van der Waals surface area contributed by atoms with E-state index in [-0.39, 0.29) is 5.56 Å². The number of para-hydroxylation sites is 1. The molecule has 2 aromatic heterocycles. The fraction of sp³-hybridized carbons (Fsp3) is 0.0909. The highest BCUT2D eigenvalue weighted by molar-refractivity contribution is 5.91. The highest BCUT2D eigenvalue weighted by Gasteiger charge is 2.20. The summed E-state index contributed by atoms with van der Waals surface area (Å²) in [6.45, 7) is 1.33. The van der Waals surface area contributed by atoms with E-state index in [2.05, 4.69) is 22.5 Å². The number of carboxylic acids is 1. The molecule has 0 saturated carbocycles. The van der Waals surface area contributed by atoms with E-state index in [1.54, 1.807) is 4.68 Å². The van der Waals surface area contributed by atoms with Gasteiger partial charge in [-0.05, 0) is 29.8 Å². The fourth-order valence-electron chi connectivity index (χ4n) is 3.18. The van der Waals surface area contributed by atoms with Crippen molar-refractivity contribution < 1.29 is 9.90 Å². The summed E-state index contributed by atoms with van der Waals surface area (Å²) in [6, 6.07) is 23.6. The zero-order valence-electron chi connectivity index (χ0n) is 15.2. The molecule has 2 heterocycles. The number of hydrogen-bond acceptors (Lipinski definition) is 3. The Morgan fingerprint density at radius 3 is 2.36 bits per heavy atom. The third-order valence-corrected chi connectivity index (χ3v) is 4.51. The second-order valence-electron chi connectivity index (χ2n) is 6.39. The van der Waals surface area contributed by atoms with Crippen LogP contribution in [0.15, 0.2) is 85.2 Å². The van der Waals surface area contributed by atoms with Gasteiger partial charge < -0.3 is 15.0 Å². The smallest absolute Gasteiger partial charge is 0.341 e. The van der Waals surface area contributed by atoms with Crippen molar-refractivity contribution in [1.29, 1.82) is 0 Å². The Labute approximate surface area is 162 Å². The highest BCUT2D eigenvalue weighted by Crippen LogP contribution is 2.22.